The summed E-state index contributed by atoms with van der Waals surface area (Å²) in [5.74, 6) is -1.61. The van der Waals surface area contributed by atoms with Gasteiger partial charge in [-0.25, -0.2) is 9.13 Å². The molecule has 0 bridgehead atoms. The van der Waals surface area contributed by atoms with Gasteiger partial charge in [-0.1, -0.05) is 239 Å². The van der Waals surface area contributed by atoms with Gasteiger partial charge in [0.15, 0.2) is 6.10 Å². The fourth-order valence-corrected chi connectivity index (χ4v) is 10.5. The number of unbranched alkanes of at least 4 members (excludes halogenated alkanes) is 22. The predicted octanol–water partition coefficient (Wildman–Crippen LogP) is 19.4. The van der Waals surface area contributed by atoms with Crippen LogP contribution in [-0.2, 0) is 55.8 Å². The number of ether oxygens (including phenoxy) is 3. The Labute approximate surface area is 551 Å². The molecule has 0 rings (SSSR count). The first-order valence-electron chi connectivity index (χ1n) is 34.8. The minimum absolute atomic E-state index is 0.0887. The molecule has 0 heterocycles. The third kappa shape index (κ3) is 67.2. The first-order valence-corrected chi connectivity index (χ1v) is 37.8. The molecule has 0 saturated heterocycles. The summed E-state index contributed by atoms with van der Waals surface area (Å²) >= 11 is 0. The molecule has 5 unspecified atom stereocenters. The lowest BCUT2D eigenvalue weighted by molar-refractivity contribution is -0.161. The zero-order valence-electron chi connectivity index (χ0n) is 56.5. The Morgan fingerprint density at radius 2 is 0.582 bits per heavy atom. The molecule has 0 aromatic carbocycles. The van der Waals surface area contributed by atoms with Gasteiger partial charge in [-0.2, -0.15) is 0 Å². The number of hydrogen-bond donors (Lipinski definition) is 4. The van der Waals surface area contributed by atoms with E-state index >= 15 is 0 Å². The van der Waals surface area contributed by atoms with Gasteiger partial charge >= 0.3 is 33.6 Å². The van der Waals surface area contributed by atoms with Gasteiger partial charge in [-0.3, -0.25) is 32.5 Å². The molecule has 18 heteroatoms. The summed E-state index contributed by atoms with van der Waals surface area (Å²) < 4.78 is 60.9. The third-order valence-corrected chi connectivity index (χ3v) is 16.1. The molecule has 0 aliphatic rings. The van der Waals surface area contributed by atoms with Crippen LogP contribution in [0.5, 0.6) is 0 Å². The summed E-state index contributed by atoms with van der Waals surface area (Å²) in [6.07, 6.45) is 75.3. The van der Waals surface area contributed by atoms with Crippen molar-refractivity contribution in [3.63, 3.8) is 0 Å². The monoisotopic (exact) mass is 1320 g/mol. The number of esters is 3. The number of rotatable bonds is 65. The average molecular weight is 1320 g/mol. The number of allylic oxidation sites excluding steroid dienone is 20. The van der Waals surface area contributed by atoms with Crippen LogP contribution in [0.1, 0.15) is 265 Å². The van der Waals surface area contributed by atoms with Crippen molar-refractivity contribution in [2.75, 3.05) is 39.6 Å². The summed E-state index contributed by atoms with van der Waals surface area (Å²) in [7, 11) is -9.79. The molecule has 0 aliphatic heterocycles. The maximum absolute atomic E-state index is 12.9. The quantitative estimate of drug-likeness (QED) is 0.0146. The van der Waals surface area contributed by atoms with Gasteiger partial charge in [0.1, 0.15) is 25.4 Å². The molecule has 16 nitrogen and oxygen atoms in total. The number of hydrogen-bond acceptors (Lipinski definition) is 14. The van der Waals surface area contributed by atoms with Crippen molar-refractivity contribution in [1.82, 2.24) is 0 Å². The van der Waals surface area contributed by atoms with E-state index in [9.17, 15) is 43.5 Å². The number of carbonyl (C=O) groups excluding carboxylic acids is 3. The van der Waals surface area contributed by atoms with E-state index in [1.807, 2.05) is 0 Å². The van der Waals surface area contributed by atoms with E-state index in [4.69, 9.17) is 32.3 Å². The summed E-state index contributed by atoms with van der Waals surface area (Å²) in [6, 6.07) is 0. The van der Waals surface area contributed by atoms with Crippen molar-refractivity contribution >= 4 is 33.6 Å². The van der Waals surface area contributed by atoms with E-state index in [1.54, 1.807) is 0 Å². The highest BCUT2D eigenvalue weighted by Crippen LogP contribution is 2.45. The zero-order valence-corrected chi connectivity index (χ0v) is 58.3. The Bertz CT molecular complexity index is 2140. The minimum atomic E-state index is -4.93. The molecule has 4 N–H and O–H groups in total. The fourth-order valence-electron chi connectivity index (χ4n) is 8.88. The van der Waals surface area contributed by atoms with Gasteiger partial charge in [0.05, 0.1) is 26.4 Å². The Morgan fingerprint density at radius 1 is 0.319 bits per heavy atom. The second-order valence-electron chi connectivity index (χ2n) is 22.9. The first kappa shape index (κ1) is 87.0. The molecule has 0 amide bonds. The van der Waals surface area contributed by atoms with Crippen LogP contribution in [0.2, 0.25) is 0 Å². The summed E-state index contributed by atoms with van der Waals surface area (Å²) in [4.78, 5) is 58.4. The lowest BCUT2D eigenvalue weighted by Gasteiger charge is -2.21. The van der Waals surface area contributed by atoms with Gasteiger partial charge in [-0.05, 0) is 128 Å². The van der Waals surface area contributed by atoms with Crippen molar-refractivity contribution < 1.29 is 75.8 Å². The maximum atomic E-state index is 12.9. The highest BCUT2D eigenvalue weighted by atomic mass is 31.2. The fraction of sp³-hybridized carbons (Fsp3) is 0.685. The Balaban J connectivity index is 4.62. The van der Waals surface area contributed by atoms with Crippen LogP contribution >= 0.6 is 15.6 Å². The lowest BCUT2D eigenvalue weighted by Crippen LogP contribution is -2.30. The first-order chi connectivity index (χ1) is 44.2. The van der Waals surface area contributed by atoms with Crippen LogP contribution in [0.3, 0.4) is 0 Å². The highest BCUT2D eigenvalue weighted by Gasteiger charge is 2.29. The predicted molar refractivity (Wildman–Crippen MR) is 371 cm³/mol. The number of carbonyl (C=O) groups is 3. The minimum Gasteiger partial charge on any atom is -0.463 e. The third-order valence-electron chi connectivity index (χ3n) is 14.2. The van der Waals surface area contributed by atoms with E-state index in [2.05, 4.69) is 142 Å². The van der Waals surface area contributed by atoms with Gasteiger partial charge in [0.25, 0.3) is 0 Å². The Morgan fingerprint density at radius 3 is 0.934 bits per heavy atom. The molecule has 522 valence electrons. The molecular weight excluding hydrogens is 1190 g/mol. The zero-order chi connectivity index (χ0) is 66.7. The molecule has 0 aromatic rings. The van der Waals surface area contributed by atoms with Crippen LogP contribution in [0.25, 0.3) is 0 Å². The number of phosphoric acid groups is 2. The van der Waals surface area contributed by atoms with Crippen molar-refractivity contribution in [2.24, 2.45) is 0 Å². The van der Waals surface area contributed by atoms with Gasteiger partial charge in [0.2, 0.25) is 0 Å². The molecule has 0 radical (unpaired) electrons. The summed E-state index contributed by atoms with van der Waals surface area (Å²) in [5.41, 5.74) is 0. The molecule has 5 atom stereocenters. The normalized spacial score (nSPS) is 14.9. The van der Waals surface area contributed by atoms with Crippen molar-refractivity contribution in [1.29, 1.82) is 0 Å². The largest absolute Gasteiger partial charge is 0.472 e. The summed E-state index contributed by atoms with van der Waals surface area (Å²) in [6.45, 7) is 2.38. The van der Waals surface area contributed by atoms with Crippen molar-refractivity contribution in [2.45, 2.75) is 283 Å². The molecular formula is C73H124O16P2. The van der Waals surface area contributed by atoms with E-state index in [-0.39, 0.29) is 19.3 Å². The van der Waals surface area contributed by atoms with E-state index in [0.29, 0.717) is 19.3 Å². The SMILES string of the molecule is CC/C=C\C/C=C\C/C=C\C/C=C\C/C=C\CCCCCCCCCC(=O)OCC(O)COP(=O)(O)OCC(O)COP(=O)(O)OCC(COC(=O)CCCCCCCC/C=C\C/C=C\C/C=C\C/C=C\CC)OC(=O)CCCCCCC/C=C\CCCCCC. The highest BCUT2D eigenvalue weighted by molar-refractivity contribution is 7.47. The number of aliphatic hydroxyl groups is 2. The van der Waals surface area contributed by atoms with E-state index < -0.39 is 91.5 Å². The van der Waals surface area contributed by atoms with Gasteiger partial charge < -0.3 is 34.2 Å². The Hall–Kier alpha value is -4.05. The molecule has 0 spiro atoms. The van der Waals surface area contributed by atoms with Gasteiger partial charge in [-0.15, -0.1) is 0 Å². The molecule has 91 heavy (non-hydrogen) atoms. The maximum Gasteiger partial charge on any atom is 0.472 e. The smallest absolute Gasteiger partial charge is 0.463 e. The van der Waals surface area contributed by atoms with Gasteiger partial charge in [0, 0.05) is 19.3 Å². The van der Waals surface area contributed by atoms with Crippen LogP contribution in [0.15, 0.2) is 122 Å². The van der Waals surface area contributed by atoms with Crippen LogP contribution in [-0.4, -0.2) is 95.9 Å². The lowest BCUT2D eigenvalue weighted by atomic mass is 10.1. The number of aliphatic hydroxyl groups excluding tert-OH is 2. The Kier molecular flexibility index (Phi) is 63.1. The second-order valence-corrected chi connectivity index (χ2v) is 25.8. The standard InChI is InChI=1S/C73H124O16P2/c1-4-7-10-13-16-19-22-25-27-29-31-32-33-34-36-38-39-42-44-47-50-53-56-59-71(76)83-62-68(74)63-85-90(79,80)86-64-69(75)65-87-91(81,82)88-67-70(89-73(78)61-58-55-52-49-46-41-24-21-18-15-12-9-6-3)66-84-72(77)60-57-54-51-48-45-43-40-37-35-30-28-26-23-20-17-14-11-8-5-2/h7-8,10-11,16-17,19-21,24-28,31-32,34-37,68-70,74-75H,4-6,9,12-15,18,22-23,29-30,33,38-67H2,1-3H3,(H,79,80)(H,81,82)/b10-7-,11-8-,19-16-,20-17-,24-21-,27-25-,28-26-,32-31-,36-34-,37-35-. The van der Waals surface area contributed by atoms with E-state index in [0.717, 1.165) is 180 Å². The van der Waals surface area contributed by atoms with Crippen LogP contribution in [0.4, 0.5) is 0 Å². The van der Waals surface area contributed by atoms with Crippen LogP contribution < -0.4 is 0 Å². The number of phosphoric ester groups is 2. The topological polar surface area (TPSA) is 231 Å². The summed E-state index contributed by atoms with van der Waals surface area (Å²) in [5, 5.41) is 20.6. The molecule has 0 aliphatic carbocycles. The van der Waals surface area contributed by atoms with Crippen molar-refractivity contribution in [3.05, 3.63) is 122 Å². The van der Waals surface area contributed by atoms with Crippen molar-refractivity contribution in [3.8, 4) is 0 Å². The van der Waals surface area contributed by atoms with E-state index in [1.165, 1.54) is 25.7 Å². The molecule has 0 fully saturated rings. The average Bonchev–Trinajstić information content (AvgIpc) is 3.74. The molecule has 0 saturated carbocycles. The second kappa shape index (κ2) is 66.0. The molecule has 0 aromatic heterocycles. The van der Waals surface area contributed by atoms with Crippen LogP contribution in [0, 0.1) is 0 Å².